The van der Waals surface area contributed by atoms with Gasteiger partial charge in [-0.15, -0.1) is 24.8 Å². The molecule has 28 heavy (non-hydrogen) atoms. The van der Waals surface area contributed by atoms with Gasteiger partial charge in [0, 0.05) is 17.1 Å². The molecule has 2 aromatic rings. The monoisotopic (exact) mass is 580 g/mol. The first-order valence-electron chi connectivity index (χ1n) is 7.45. The van der Waals surface area contributed by atoms with Crippen LogP contribution in [-0.2, 0) is 53.5 Å². The van der Waals surface area contributed by atoms with Crippen molar-refractivity contribution in [2.75, 3.05) is 0 Å². The average molecular weight is 582 g/mol. The molecule has 0 aliphatic carbocycles. The summed E-state index contributed by atoms with van der Waals surface area (Å²) in [6, 6.07) is 0. The Labute approximate surface area is 205 Å². The third kappa shape index (κ3) is 8.73. The second kappa shape index (κ2) is 19.5. The van der Waals surface area contributed by atoms with Crippen molar-refractivity contribution in [3.05, 3.63) is 43.4 Å². The molecule has 9 heteroatoms. The van der Waals surface area contributed by atoms with Gasteiger partial charge in [-0.3, -0.25) is 14.4 Å². The van der Waals surface area contributed by atoms with E-state index in [1.807, 2.05) is 0 Å². The zero-order chi connectivity index (χ0) is 20.5. The van der Waals surface area contributed by atoms with Crippen LogP contribution in [0.3, 0.4) is 0 Å². The molecule has 2 rings (SSSR count). The molecule has 0 saturated carbocycles. The minimum atomic E-state index is -0.379. The predicted molar refractivity (Wildman–Crippen MR) is 119 cm³/mol. The van der Waals surface area contributed by atoms with Gasteiger partial charge in [0.25, 0.3) is 20.4 Å². The van der Waals surface area contributed by atoms with E-state index in [-0.39, 0.29) is 73.6 Å². The first-order chi connectivity index (χ1) is 11.8. The predicted octanol–water partition coefficient (Wildman–Crippen LogP) is 6.09. The van der Waals surface area contributed by atoms with Crippen LogP contribution in [0.4, 0.5) is 0 Å². The number of hydrogen-bond acceptors (Lipinski definition) is 3. The van der Waals surface area contributed by atoms with Gasteiger partial charge in [-0.1, -0.05) is 0 Å². The SMILES string of the molecule is Cc1c(C)c(C)[p]([Zr][p]2c(C)c(C)c(C)c2C)c1C.Cl.Cl.[C]=O.[C]=O.[C]=O.[Fe]. The van der Waals surface area contributed by atoms with E-state index in [1.165, 1.54) is 0 Å². The summed E-state index contributed by atoms with van der Waals surface area (Å²) in [6.07, 6.45) is 0. The molecule has 0 saturated heterocycles. The van der Waals surface area contributed by atoms with Gasteiger partial charge in [0.05, 0.1) is 0 Å². The van der Waals surface area contributed by atoms with Crippen molar-refractivity contribution < 1.29 is 53.5 Å². The van der Waals surface area contributed by atoms with E-state index in [2.05, 4.69) is 75.8 Å². The third-order valence-corrected chi connectivity index (χ3v) is 29.2. The Morgan fingerprint density at radius 1 is 0.500 bits per heavy atom. The van der Waals surface area contributed by atoms with Crippen molar-refractivity contribution >= 4 is 54.8 Å². The minimum Gasteiger partial charge on any atom is -0.281 e. The topological polar surface area (TPSA) is 51.2 Å². The van der Waals surface area contributed by atoms with Gasteiger partial charge in [-0.25, -0.2) is 0 Å². The molecule has 0 atom stereocenters. The Bertz CT molecular complexity index is 607. The van der Waals surface area contributed by atoms with Crippen molar-refractivity contribution in [2.24, 2.45) is 0 Å². The van der Waals surface area contributed by atoms with Crippen LogP contribution >= 0.6 is 34.5 Å². The molecule has 0 bridgehead atoms. The summed E-state index contributed by atoms with van der Waals surface area (Å²) < 4.78 is 0. The molecular weight excluding hydrogens is 556 g/mol. The molecule has 0 aliphatic rings. The maximum absolute atomic E-state index is 7.50. The zero-order valence-corrected chi connectivity index (χ0v) is 24.3. The number of halogens is 2. The first-order valence-corrected chi connectivity index (χ1v) is 16.7. The molecule has 0 fully saturated rings. The van der Waals surface area contributed by atoms with Crippen LogP contribution in [0.25, 0.3) is 0 Å². The number of carbonyl (C=O) groups excluding carboxylic acids is 3. The third-order valence-electron chi connectivity index (χ3n) is 4.84. The van der Waals surface area contributed by atoms with Gasteiger partial charge < -0.3 is 0 Å². The first kappa shape index (κ1) is 39.1. The largest absolute Gasteiger partial charge is 0.281 e. The molecule has 0 unspecified atom stereocenters. The Balaban J connectivity index is -0.000000179. The van der Waals surface area contributed by atoms with Gasteiger partial charge in [0.2, 0.25) is 0 Å². The van der Waals surface area contributed by atoms with Gasteiger partial charge in [0.1, 0.15) is 0 Å². The smallest absolute Gasteiger partial charge is 0.281 e. The Morgan fingerprint density at radius 3 is 0.786 bits per heavy atom. The van der Waals surface area contributed by atoms with Crippen LogP contribution in [0.5, 0.6) is 0 Å². The Kier molecular flexibility index (Phi) is 27.2. The van der Waals surface area contributed by atoms with E-state index < -0.39 is 0 Å². The zero-order valence-electron chi connectivity index (χ0n) is 17.3. The van der Waals surface area contributed by atoms with Crippen LogP contribution < -0.4 is 0 Å². The van der Waals surface area contributed by atoms with E-state index in [0.29, 0.717) is 0 Å². The van der Waals surface area contributed by atoms with E-state index in [9.17, 15) is 0 Å². The minimum absolute atomic E-state index is 0. The van der Waals surface area contributed by atoms with Gasteiger partial charge in [-0.2, -0.15) is 0 Å². The fraction of sp³-hybridized carbons (Fsp3) is 0.421. The Morgan fingerprint density at radius 2 is 0.643 bits per heavy atom. The molecule has 6 radical (unpaired) electrons. The van der Waals surface area contributed by atoms with Crippen molar-refractivity contribution in [3.63, 3.8) is 0 Å². The summed E-state index contributed by atoms with van der Waals surface area (Å²) in [5.74, 6) is 0. The van der Waals surface area contributed by atoms with E-state index in [4.69, 9.17) is 14.4 Å². The fourth-order valence-electron chi connectivity index (χ4n) is 2.66. The molecule has 0 amide bonds. The average Bonchev–Trinajstić information content (AvgIpc) is 2.96. The van der Waals surface area contributed by atoms with E-state index in [0.717, 1.165) is 0 Å². The normalized spacial score (nSPS) is 8.00. The summed E-state index contributed by atoms with van der Waals surface area (Å²) >= 11 is -0.379. The standard InChI is InChI=1S/2C8H12P.3CO.2ClH.Fe.Zr/c2*1-5-6(2)8(4)9-7(5)3;3*1-2;;;;/h2*1-4H3;;;;2*1H;;/q2*-1;;;;;;;+2. The summed E-state index contributed by atoms with van der Waals surface area (Å²) in [5.41, 5.74) is 6.43. The molecule has 0 aliphatic heterocycles. The fourth-order valence-corrected chi connectivity index (χ4v) is 31.5. The van der Waals surface area contributed by atoms with Crippen LogP contribution in [0.2, 0.25) is 0 Å². The van der Waals surface area contributed by atoms with Gasteiger partial charge in [-0.05, 0) is 0 Å². The maximum atomic E-state index is 7.50. The summed E-state index contributed by atoms with van der Waals surface area (Å²) in [5, 5.41) is 7.01. The summed E-state index contributed by atoms with van der Waals surface area (Å²) in [6.45, 7) is 32.5. The summed E-state index contributed by atoms with van der Waals surface area (Å²) in [4.78, 5) is 22.8. The van der Waals surface area contributed by atoms with E-state index >= 15 is 0 Å². The quantitative estimate of drug-likeness (QED) is 0.404. The van der Waals surface area contributed by atoms with Gasteiger partial charge >= 0.3 is 131 Å². The maximum Gasteiger partial charge on any atom is 0.281 e. The van der Waals surface area contributed by atoms with Crippen molar-refractivity contribution in [1.82, 2.24) is 0 Å². The molecule has 0 spiro atoms. The molecule has 0 N–H and O–H groups in total. The second-order valence-corrected chi connectivity index (χ2v) is 21.5. The van der Waals surface area contributed by atoms with Gasteiger partial charge in [0.15, 0.2) is 0 Å². The molecule has 2 aromatic heterocycles. The number of hydrogen-bond donors (Lipinski definition) is 0. The number of rotatable bonds is 2. The van der Waals surface area contributed by atoms with E-state index in [1.54, 1.807) is 43.4 Å². The van der Waals surface area contributed by atoms with Crippen LogP contribution in [0.1, 0.15) is 43.4 Å². The molecule has 2 heterocycles. The summed E-state index contributed by atoms with van der Waals surface area (Å²) in [7, 11) is 0. The molecule has 0 aromatic carbocycles. The van der Waals surface area contributed by atoms with Crippen LogP contribution in [0, 0.1) is 55.4 Å². The molecule has 3 nitrogen and oxygen atoms in total. The van der Waals surface area contributed by atoms with Crippen molar-refractivity contribution in [3.8, 4) is 0 Å². The van der Waals surface area contributed by atoms with Crippen LogP contribution in [0.15, 0.2) is 0 Å². The Hall–Kier alpha value is 0.553. The molecular formula is C19H26Cl2FeO3P2Zr. The van der Waals surface area contributed by atoms with Crippen molar-refractivity contribution in [1.29, 1.82) is 0 Å². The second-order valence-electron chi connectivity index (χ2n) is 5.61. The van der Waals surface area contributed by atoms with Crippen molar-refractivity contribution in [2.45, 2.75) is 55.4 Å². The molecule has 156 valence electrons. The van der Waals surface area contributed by atoms with Crippen LogP contribution in [-0.4, -0.2) is 20.4 Å².